The molecule has 0 aromatic rings. The van der Waals surface area contributed by atoms with Gasteiger partial charge < -0.3 is 0 Å². The summed E-state index contributed by atoms with van der Waals surface area (Å²) in [5.74, 6) is 2.42. The van der Waals surface area contributed by atoms with E-state index in [1.807, 2.05) is 12.2 Å². The minimum absolute atomic E-state index is 0.289. The molecule has 54 valence electrons. The van der Waals surface area contributed by atoms with Crippen molar-refractivity contribution in [3.8, 4) is 0 Å². The highest BCUT2D eigenvalue weighted by Crippen LogP contribution is 2.27. The van der Waals surface area contributed by atoms with Gasteiger partial charge in [-0.1, -0.05) is 32.6 Å². The molecular weight excluding hydrogens is 143 g/mol. The first-order chi connectivity index (χ1) is 4.79. The molecule has 1 rings (SSSR count). The zero-order chi connectivity index (χ0) is 7.40. The summed E-state index contributed by atoms with van der Waals surface area (Å²) in [6.07, 6.45) is 6.87. The first-order valence-electron chi connectivity index (χ1n) is 3.38. The van der Waals surface area contributed by atoms with Crippen molar-refractivity contribution < 1.29 is 4.79 Å². The maximum absolute atomic E-state index is 10.7. The second kappa shape index (κ2) is 3.68. The number of hydrogen-bond donors (Lipinski definition) is 0. The van der Waals surface area contributed by atoms with Crippen LogP contribution in [0.1, 0.15) is 13.3 Å². The molecule has 0 aromatic heterocycles. The maximum atomic E-state index is 10.7. The van der Waals surface area contributed by atoms with Crippen molar-refractivity contribution >= 4 is 14.4 Å². The van der Waals surface area contributed by atoms with E-state index in [0.29, 0.717) is 12.1 Å². The molecule has 0 radical (unpaired) electrons. The molecule has 2 atom stereocenters. The molecule has 0 saturated carbocycles. The minimum atomic E-state index is 0.289. The third-order valence-electron chi connectivity index (χ3n) is 1.37. The van der Waals surface area contributed by atoms with Gasteiger partial charge >= 0.3 is 0 Å². The molecule has 2 heteroatoms. The van der Waals surface area contributed by atoms with Crippen molar-refractivity contribution in [1.82, 2.24) is 0 Å². The summed E-state index contributed by atoms with van der Waals surface area (Å²) in [5, 5.41) is 0. The molecule has 0 bridgehead atoms. The Bertz CT molecular complexity index is 182. The lowest BCUT2D eigenvalue weighted by Gasteiger charge is -2.09. The minimum Gasteiger partial charge on any atom is -0.300 e. The van der Waals surface area contributed by atoms with Crippen LogP contribution in [-0.2, 0) is 4.79 Å². The van der Waals surface area contributed by atoms with E-state index < -0.39 is 0 Å². The molecule has 1 aliphatic heterocycles. The van der Waals surface area contributed by atoms with Crippen LogP contribution < -0.4 is 0 Å². The van der Waals surface area contributed by atoms with E-state index in [1.165, 1.54) is 0 Å². The number of ketones is 1. The molecule has 0 aliphatic carbocycles. The summed E-state index contributed by atoms with van der Waals surface area (Å²) in [6.45, 7) is 1.65. The van der Waals surface area contributed by atoms with Gasteiger partial charge in [-0.2, -0.15) is 0 Å². The molecule has 2 unspecified atom stereocenters. The lowest BCUT2D eigenvalue weighted by atomic mass is 10.2. The van der Waals surface area contributed by atoms with Crippen molar-refractivity contribution in [3.05, 3.63) is 24.0 Å². The molecule has 0 saturated heterocycles. The fraction of sp³-hybridized carbons (Fsp3) is 0.375. The van der Waals surface area contributed by atoms with Crippen LogP contribution in [0.15, 0.2) is 24.0 Å². The summed E-state index contributed by atoms with van der Waals surface area (Å²) in [4.78, 5) is 10.7. The molecule has 10 heavy (non-hydrogen) atoms. The normalized spacial score (nSPS) is 25.5. The van der Waals surface area contributed by atoms with Gasteiger partial charge in [-0.3, -0.25) is 4.79 Å². The summed E-state index contributed by atoms with van der Waals surface area (Å²) in [7, 11) is 0.797. The van der Waals surface area contributed by atoms with Gasteiger partial charge in [0.15, 0.2) is 0 Å². The molecule has 0 N–H and O–H groups in total. The van der Waals surface area contributed by atoms with Gasteiger partial charge in [0.2, 0.25) is 0 Å². The SMILES string of the molecule is CC(=O)CC1C=CC=CP1. The van der Waals surface area contributed by atoms with Crippen LogP contribution in [-0.4, -0.2) is 11.4 Å². The van der Waals surface area contributed by atoms with Crippen LogP contribution in [0.5, 0.6) is 0 Å². The first kappa shape index (κ1) is 7.68. The highest BCUT2D eigenvalue weighted by Gasteiger charge is 2.06. The number of Topliss-reactive ketones (excluding diaryl/α,β-unsaturated/α-hetero) is 1. The van der Waals surface area contributed by atoms with Gasteiger partial charge in [-0.05, 0) is 6.92 Å². The highest BCUT2D eigenvalue weighted by atomic mass is 31.1. The third kappa shape index (κ3) is 2.45. The number of allylic oxidation sites excluding steroid dienone is 3. The van der Waals surface area contributed by atoms with E-state index >= 15 is 0 Å². The Hall–Kier alpha value is -0.420. The standard InChI is InChI=1S/C8H11OP/c1-7(9)6-8-4-2-3-5-10-8/h2-5,8,10H,6H2,1H3. The Morgan fingerprint density at radius 3 is 2.90 bits per heavy atom. The van der Waals surface area contributed by atoms with Crippen LogP contribution in [0.4, 0.5) is 0 Å². The van der Waals surface area contributed by atoms with Crippen LogP contribution >= 0.6 is 8.58 Å². The number of carbonyl (C=O) groups excluding carboxylic acids is 1. The van der Waals surface area contributed by atoms with E-state index in [-0.39, 0.29) is 5.78 Å². The quantitative estimate of drug-likeness (QED) is 0.556. The molecule has 0 amide bonds. The fourth-order valence-electron chi connectivity index (χ4n) is 0.925. The Morgan fingerprint density at radius 1 is 1.60 bits per heavy atom. The summed E-state index contributed by atoms with van der Waals surface area (Å²) in [6, 6.07) is 0. The van der Waals surface area contributed by atoms with Gasteiger partial charge in [-0.25, -0.2) is 0 Å². The van der Waals surface area contributed by atoms with Crippen molar-refractivity contribution in [2.45, 2.75) is 19.0 Å². The smallest absolute Gasteiger partial charge is 0.130 e. The van der Waals surface area contributed by atoms with E-state index in [4.69, 9.17) is 0 Å². The average molecular weight is 154 g/mol. The van der Waals surface area contributed by atoms with E-state index in [0.717, 1.165) is 8.58 Å². The Labute approximate surface area is 63.0 Å². The Morgan fingerprint density at radius 2 is 2.40 bits per heavy atom. The van der Waals surface area contributed by atoms with E-state index in [9.17, 15) is 4.79 Å². The lowest BCUT2D eigenvalue weighted by Crippen LogP contribution is -2.03. The first-order valence-corrected chi connectivity index (χ1v) is 4.53. The summed E-state index contributed by atoms with van der Waals surface area (Å²) < 4.78 is 0. The summed E-state index contributed by atoms with van der Waals surface area (Å²) >= 11 is 0. The van der Waals surface area contributed by atoms with Crippen molar-refractivity contribution in [2.24, 2.45) is 0 Å². The van der Waals surface area contributed by atoms with Gasteiger partial charge in [0, 0.05) is 12.1 Å². The van der Waals surface area contributed by atoms with E-state index in [2.05, 4.69) is 11.9 Å². The molecule has 1 nitrogen and oxygen atoms in total. The Balaban J connectivity index is 2.37. The summed E-state index contributed by atoms with van der Waals surface area (Å²) in [5.41, 5.74) is 0.488. The zero-order valence-corrected chi connectivity index (χ0v) is 7.00. The molecule has 0 spiro atoms. The predicted octanol–water partition coefficient (Wildman–Crippen LogP) is 2.10. The van der Waals surface area contributed by atoms with Gasteiger partial charge in [0.1, 0.15) is 5.78 Å². The molecule has 0 aromatic carbocycles. The second-order valence-corrected chi connectivity index (χ2v) is 3.83. The lowest BCUT2D eigenvalue weighted by molar-refractivity contribution is -0.116. The van der Waals surface area contributed by atoms with Crippen molar-refractivity contribution in [3.63, 3.8) is 0 Å². The largest absolute Gasteiger partial charge is 0.300 e. The second-order valence-electron chi connectivity index (χ2n) is 2.42. The number of rotatable bonds is 2. The maximum Gasteiger partial charge on any atom is 0.130 e. The van der Waals surface area contributed by atoms with Crippen LogP contribution in [0, 0.1) is 0 Å². The highest BCUT2D eigenvalue weighted by molar-refractivity contribution is 7.42. The predicted molar refractivity (Wildman–Crippen MR) is 45.7 cm³/mol. The topological polar surface area (TPSA) is 17.1 Å². The molecule has 1 aliphatic rings. The van der Waals surface area contributed by atoms with E-state index in [1.54, 1.807) is 6.92 Å². The molecule has 0 fully saturated rings. The average Bonchev–Trinajstić information content (AvgIpc) is 1.88. The van der Waals surface area contributed by atoms with Crippen LogP contribution in [0.3, 0.4) is 0 Å². The third-order valence-corrected chi connectivity index (χ3v) is 2.58. The van der Waals surface area contributed by atoms with Crippen LogP contribution in [0.25, 0.3) is 0 Å². The zero-order valence-electron chi connectivity index (χ0n) is 6.00. The molecule has 1 heterocycles. The fourth-order valence-corrected chi connectivity index (χ4v) is 2.02. The van der Waals surface area contributed by atoms with Crippen molar-refractivity contribution in [2.75, 3.05) is 0 Å². The molecular formula is C8H11OP. The monoisotopic (exact) mass is 154 g/mol. The van der Waals surface area contributed by atoms with Gasteiger partial charge in [0.25, 0.3) is 0 Å². The number of hydrogen-bond acceptors (Lipinski definition) is 1. The number of carbonyl (C=O) groups is 1. The van der Waals surface area contributed by atoms with Crippen LogP contribution in [0.2, 0.25) is 0 Å². The van der Waals surface area contributed by atoms with Crippen molar-refractivity contribution in [1.29, 1.82) is 0 Å². The Kier molecular flexibility index (Phi) is 2.82. The van der Waals surface area contributed by atoms with Gasteiger partial charge in [-0.15, -0.1) is 0 Å². The van der Waals surface area contributed by atoms with Gasteiger partial charge in [0.05, 0.1) is 0 Å².